The maximum Gasteiger partial charge on any atom is 0.323 e. The lowest BCUT2D eigenvalue weighted by Gasteiger charge is -2.18. The van der Waals surface area contributed by atoms with Crippen LogP contribution < -0.4 is 0 Å². The summed E-state index contributed by atoms with van der Waals surface area (Å²) in [5, 5.41) is 8.56. The van der Waals surface area contributed by atoms with E-state index in [1.54, 1.807) is 7.05 Å². The first-order valence-electron chi connectivity index (χ1n) is 9.81. The molecule has 0 aliphatic carbocycles. The van der Waals surface area contributed by atoms with Gasteiger partial charge in [-0.15, -0.1) is 9.19 Å². The van der Waals surface area contributed by atoms with Gasteiger partial charge in [-0.2, -0.15) is 17.8 Å². The molecular formula is C21H28N6O3S. The maximum absolute atomic E-state index is 13.2. The predicted octanol–water partition coefficient (Wildman–Crippen LogP) is 2.41. The number of carbonyl (C=O) groups excluding carboxylic acids is 1. The van der Waals surface area contributed by atoms with Gasteiger partial charge in [0.2, 0.25) is 11.6 Å². The highest BCUT2D eigenvalue weighted by Gasteiger charge is 2.28. The van der Waals surface area contributed by atoms with E-state index >= 15 is 0 Å². The summed E-state index contributed by atoms with van der Waals surface area (Å²) in [5.41, 5.74) is 8.67. The Hall–Kier alpha value is -2.85. The van der Waals surface area contributed by atoms with E-state index in [0.29, 0.717) is 15.3 Å². The molecule has 3 aromatic rings. The SMILES string of the molecule is Cc1c(C)c(C)c(-c2nn(C)c(C(=O)c3ncn(S(=O)(=O)N(C)C)n3)c2C)c(C)c1C. The first kappa shape index (κ1) is 22.8. The standard InChI is InChI=1S/C21H28N6O3S/c1-11-12(2)14(4)17(15(5)13(11)3)18-16(6)19(26(9)23-18)20(28)21-22-10-27(24-21)31(29,30)25(7)8/h10H,1-9H3. The number of aromatic nitrogens is 5. The van der Waals surface area contributed by atoms with Gasteiger partial charge in [0, 0.05) is 32.3 Å². The molecule has 0 saturated heterocycles. The van der Waals surface area contributed by atoms with Gasteiger partial charge in [0.05, 0.1) is 5.69 Å². The monoisotopic (exact) mass is 444 g/mol. The number of hydrogen-bond acceptors (Lipinski definition) is 6. The molecule has 31 heavy (non-hydrogen) atoms. The Labute approximate surface area is 182 Å². The fourth-order valence-corrected chi connectivity index (χ4v) is 4.46. The maximum atomic E-state index is 13.2. The average molecular weight is 445 g/mol. The minimum absolute atomic E-state index is 0.201. The fourth-order valence-electron chi connectivity index (χ4n) is 3.78. The van der Waals surface area contributed by atoms with Gasteiger partial charge in [0.15, 0.2) is 0 Å². The van der Waals surface area contributed by atoms with E-state index in [4.69, 9.17) is 0 Å². The lowest BCUT2D eigenvalue weighted by Crippen LogP contribution is -2.29. The van der Waals surface area contributed by atoms with E-state index in [2.05, 4.69) is 49.8 Å². The fraction of sp³-hybridized carbons (Fsp3) is 0.429. The van der Waals surface area contributed by atoms with Gasteiger partial charge in [-0.05, 0) is 69.4 Å². The summed E-state index contributed by atoms with van der Waals surface area (Å²) in [7, 11) is 0.600. The number of hydrogen-bond donors (Lipinski definition) is 0. The van der Waals surface area contributed by atoms with Crippen molar-refractivity contribution < 1.29 is 13.2 Å². The van der Waals surface area contributed by atoms with Gasteiger partial charge in [0.1, 0.15) is 12.0 Å². The molecule has 0 saturated carbocycles. The number of carbonyl (C=O) groups is 1. The third kappa shape index (κ3) is 3.49. The summed E-state index contributed by atoms with van der Waals surface area (Å²) >= 11 is 0. The van der Waals surface area contributed by atoms with Crippen LogP contribution in [0, 0.1) is 41.5 Å². The number of benzene rings is 1. The number of rotatable bonds is 5. The molecular weight excluding hydrogens is 416 g/mol. The zero-order valence-corrected chi connectivity index (χ0v) is 20.2. The molecule has 0 N–H and O–H groups in total. The van der Waals surface area contributed by atoms with Crippen molar-refractivity contribution in [2.45, 2.75) is 41.5 Å². The summed E-state index contributed by atoms with van der Waals surface area (Å²) in [5.74, 6) is -0.685. The van der Waals surface area contributed by atoms with E-state index in [1.807, 2.05) is 6.92 Å². The molecule has 9 nitrogen and oxygen atoms in total. The van der Waals surface area contributed by atoms with E-state index in [1.165, 1.54) is 35.5 Å². The Kier molecular flexibility index (Phi) is 5.66. The normalized spacial score (nSPS) is 12.1. The van der Waals surface area contributed by atoms with E-state index in [0.717, 1.165) is 33.0 Å². The highest BCUT2D eigenvalue weighted by atomic mass is 32.2. The van der Waals surface area contributed by atoms with Gasteiger partial charge in [-0.3, -0.25) is 9.48 Å². The second kappa shape index (κ2) is 7.69. The highest BCUT2D eigenvalue weighted by Crippen LogP contribution is 2.36. The van der Waals surface area contributed by atoms with Crippen LogP contribution in [0.5, 0.6) is 0 Å². The zero-order valence-electron chi connectivity index (χ0n) is 19.4. The molecule has 0 spiro atoms. The number of nitrogens with zero attached hydrogens (tertiary/aromatic N) is 6. The minimum atomic E-state index is -3.85. The molecule has 10 heteroatoms. The van der Waals surface area contributed by atoms with Crippen LogP contribution >= 0.6 is 0 Å². The minimum Gasteiger partial charge on any atom is -0.283 e. The van der Waals surface area contributed by atoms with Crippen molar-refractivity contribution in [2.24, 2.45) is 7.05 Å². The smallest absolute Gasteiger partial charge is 0.283 e. The van der Waals surface area contributed by atoms with Gasteiger partial charge in [-0.25, -0.2) is 4.98 Å². The Morgan fingerprint density at radius 1 is 0.871 bits per heavy atom. The summed E-state index contributed by atoms with van der Waals surface area (Å²) in [6, 6.07) is 0. The van der Waals surface area contributed by atoms with Crippen LogP contribution in [-0.2, 0) is 17.3 Å². The second-order valence-electron chi connectivity index (χ2n) is 8.01. The average Bonchev–Trinajstić information content (AvgIpc) is 3.30. The topological polar surface area (TPSA) is 103 Å². The Morgan fingerprint density at radius 3 is 1.90 bits per heavy atom. The van der Waals surface area contributed by atoms with E-state index in [9.17, 15) is 13.2 Å². The summed E-state index contributed by atoms with van der Waals surface area (Å²) in [4.78, 5) is 17.1. The van der Waals surface area contributed by atoms with Crippen molar-refractivity contribution in [3.05, 3.63) is 51.2 Å². The van der Waals surface area contributed by atoms with Crippen molar-refractivity contribution in [1.82, 2.24) is 28.3 Å². The molecule has 2 aromatic heterocycles. The van der Waals surface area contributed by atoms with Crippen LogP contribution in [0.3, 0.4) is 0 Å². The number of aryl methyl sites for hydroxylation is 1. The molecule has 0 radical (unpaired) electrons. The molecule has 0 fully saturated rings. The zero-order chi connectivity index (χ0) is 23.4. The Balaban J connectivity index is 2.15. The summed E-state index contributed by atoms with van der Waals surface area (Å²) in [6.45, 7) is 12.3. The lowest BCUT2D eigenvalue weighted by molar-refractivity contribution is 0.102. The molecule has 166 valence electrons. The van der Waals surface area contributed by atoms with Gasteiger partial charge in [-0.1, -0.05) is 0 Å². The first-order chi connectivity index (χ1) is 14.3. The largest absolute Gasteiger partial charge is 0.323 e. The van der Waals surface area contributed by atoms with E-state index < -0.39 is 16.0 Å². The van der Waals surface area contributed by atoms with Crippen molar-refractivity contribution in [3.8, 4) is 11.3 Å². The summed E-state index contributed by atoms with van der Waals surface area (Å²) < 4.78 is 27.7. The van der Waals surface area contributed by atoms with Crippen LogP contribution in [0.1, 0.15) is 49.7 Å². The molecule has 0 atom stereocenters. The second-order valence-corrected chi connectivity index (χ2v) is 10.0. The molecule has 0 bridgehead atoms. The Morgan fingerprint density at radius 2 is 1.39 bits per heavy atom. The van der Waals surface area contributed by atoms with Crippen molar-refractivity contribution in [2.75, 3.05) is 14.1 Å². The summed E-state index contributed by atoms with van der Waals surface area (Å²) in [6.07, 6.45) is 1.02. The Bertz CT molecular complexity index is 1290. The molecule has 1 aromatic carbocycles. The van der Waals surface area contributed by atoms with Gasteiger partial charge in [0.25, 0.3) is 0 Å². The molecule has 0 aliphatic heterocycles. The third-order valence-electron chi connectivity index (χ3n) is 6.11. The van der Waals surface area contributed by atoms with Crippen LogP contribution in [0.2, 0.25) is 0 Å². The van der Waals surface area contributed by atoms with E-state index in [-0.39, 0.29) is 5.82 Å². The first-order valence-corrected chi connectivity index (χ1v) is 11.2. The lowest BCUT2D eigenvalue weighted by atomic mass is 9.87. The highest BCUT2D eigenvalue weighted by molar-refractivity contribution is 7.87. The van der Waals surface area contributed by atoms with Crippen LogP contribution in [0.15, 0.2) is 6.33 Å². The molecule has 0 aliphatic rings. The van der Waals surface area contributed by atoms with Crippen LogP contribution in [-0.4, -0.2) is 56.6 Å². The van der Waals surface area contributed by atoms with Crippen LogP contribution in [0.25, 0.3) is 11.3 Å². The molecule has 0 unspecified atom stereocenters. The van der Waals surface area contributed by atoms with Crippen molar-refractivity contribution >= 4 is 16.0 Å². The predicted molar refractivity (Wildman–Crippen MR) is 119 cm³/mol. The molecule has 0 amide bonds. The van der Waals surface area contributed by atoms with Crippen LogP contribution in [0.4, 0.5) is 0 Å². The van der Waals surface area contributed by atoms with Gasteiger partial charge >= 0.3 is 10.2 Å². The third-order valence-corrected chi connectivity index (χ3v) is 7.68. The van der Waals surface area contributed by atoms with Crippen molar-refractivity contribution in [1.29, 1.82) is 0 Å². The molecule has 2 heterocycles. The van der Waals surface area contributed by atoms with Gasteiger partial charge < -0.3 is 0 Å². The number of ketones is 1. The van der Waals surface area contributed by atoms with Crippen molar-refractivity contribution in [3.63, 3.8) is 0 Å². The molecule has 3 rings (SSSR count). The quantitative estimate of drug-likeness (QED) is 0.560.